The number of esters is 2. The molecule has 0 amide bonds. The number of ether oxygens (including phenoxy) is 2. The van der Waals surface area contributed by atoms with E-state index in [-0.39, 0.29) is 47.2 Å². The second-order valence-electron chi connectivity index (χ2n) is 8.59. The molecule has 3 aliphatic rings. The quantitative estimate of drug-likeness (QED) is 0.547. The lowest BCUT2D eigenvalue weighted by Crippen LogP contribution is -2.46. The Morgan fingerprint density at radius 2 is 1.70 bits per heavy atom. The van der Waals surface area contributed by atoms with Crippen LogP contribution in [0.15, 0.2) is 0 Å². The van der Waals surface area contributed by atoms with E-state index in [1.807, 2.05) is 0 Å². The zero-order chi connectivity index (χ0) is 19.6. The van der Waals surface area contributed by atoms with Crippen molar-refractivity contribution in [1.29, 1.82) is 0 Å². The molecule has 5 heteroatoms. The van der Waals surface area contributed by atoms with Crippen molar-refractivity contribution in [2.75, 3.05) is 0 Å². The summed E-state index contributed by atoms with van der Waals surface area (Å²) in [5.74, 6) is 6.78. The van der Waals surface area contributed by atoms with Gasteiger partial charge in [0.1, 0.15) is 18.0 Å². The van der Waals surface area contributed by atoms with Gasteiger partial charge >= 0.3 is 11.9 Å². The van der Waals surface area contributed by atoms with Crippen LogP contribution >= 0.6 is 0 Å². The fourth-order valence-corrected chi connectivity index (χ4v) is 5.62. The molecule has 2 fully saturated rings. The van der Waals surface area contributed by atoms with Crippen molar-refractivity contribution in [2.24, 2.45) is 23.2 Å². The van der Waals surface area contributed by atoms with Crippen LogP contribution < -0.4 is 0 Å². The first kappa shape index (κ1) is 19.9. The molecule has 0 aromatic heterocycles. The van der Waals surface area contributed by atoms with Crippen molar-refractivity contribution in [3.8, 4) is 11.8 Å². The lowest BCUT2D eigenvalue weighted by Gasteiger charge is -2.47. The minimum atomic E-state index is -0.319. The molecule has 2 saturated carbocycles. The number of hydrogen-bond donors (Lipinski definition) is 0. The monoisotopic (exact) mass is 374 g/mol. The number of carbonyl (C=O) groups excluding carboxylic acids is 3. The maximum Gasteiger partial charge on any atom is 0.302 e. The Kier molecular flexibility index (Phi) is 5.93. The van der Waals surface area contributed by atoms with Crippen molar-refractivity contribution in [3.63, 3.8) is 0 Å². The van der Waals surface area contributed by atoms with Gasteiger partial charge in [0, 0.05) is 44.4 Å². The average molecular weight is 374 g/mol. The van der Waals surface area contributed by atoms with Gasteiger partial charge in [-0.25, -0.2) is 0 Å². The van der Waals surface area contributed by atoms with E-state index in [0.717, 1.165) is 25.7 Å². The smallest absolute Gasteiger partial charge is 0.302 e. The third-order valence-corrected chi connectivity index (χ3v) is 6.91. The van der Waals surface area contributed by atoms with Crippen molar-refractivity contribution in [3.05, 3.63) is 0 Å². The van der Waals surface area contributed by atoms with Crippen molar-refractivity contribution >= 4 is 17.7 Å². The summed E-state index contributed by atoms with van der Waals surface area (Å²) in [4.78, 5) is 35.7. The first-order valence-electron chi connectivity index (χ1n) is 10.1. The molecule has 27 heavy (non-hydrogen) atoms. The van der Waals surface area contributed by atoms with Gasteiger partial charge in [0.15, 0.2) is 0 Å². The van der Waals surface area contributed by atoms with E-state index in [4.69, 9.17) is 9.47 Å². The Hall–Kier alpha value is -1.83. The molecule has 0 aliphatic heterocycles. The second-order valence-corrected chi connectivity index (χ2v) is 8.59. The zero-order valence-electron chi connectivity index (χ0n) is 16.6. The summed E-state index contributed by atoms with van der Waals surface area (Å²) in [5.41, 5.74) is -0.0564. The summed E-state index contributed by atoms with van der Waals surface area (Å²) in [7, 11) is 0. The summed E-state index contributed by atoms with van der Waals surface area (Å²) >= 11 is 0. The molecule has 6 atom stereocenters. The molecule has 0 spiro atoms. The average Bonchev–Trinajstić information content (AvgIpc) is 2.91. The standard InChI is InChI=1S/C22H30O5/c1-14(23)26-16-6-4-5-7-17-18(20(25)10-8-16)12-13-22(3)19(17)9-11-21(22)27-15(2)24/h16-19,21H,6-13H2,1-3H3/t16-,17-,18+,19+,21?,22+/m1/s1. The number of ketones is 1. The SMILES string of the molecule is CC(=O)OC1CC[C@H]2[C@@H]3CC#CC[C@@H](OC(C)=O)CCC(=O)[C@H]3CC[C@]12C. The maximum absolute atomic E-state index is 13.0. The first-order valence-corrected chi connectivity index (χ1v) is 10.1. The molecule has 0 saturated heterocycles. The highest BCUT2D eigenvalue weighted by molar-refractivity contribution is 5.81. The van der Waals surface area contributed by atoms with Gasteiger partial charge in [0.2, 0.25) is 0 Å². The van der Waals surface area contributed by atoms with Gasteiger partial charge in [-0.2, -0.15) is 0 Å². The minimum Gasteiger partial charge on any atom is -0.462 e. The van der Waals surface area contributed by atoms with Crippen LogP contribution in [0.3, 0.4) is 0 Å². The fourth-order valence-electron chi connectivity index (χ4n) is 5.62. The van der Waals surface area contributed by atoms with E-state index in [2.05, 4.69) is 18.8 Å². The van der Waals surface area contributed by atoms with Crippen LogP contribution in [-0.4, -0.2) is 29.9 Å². The van der Waals surface area contributed by atoms with Gasteiger partial charge in [0.25, 0.3) is 0 Å². The number of Topliss-reactive ketones (excluding diaryl/α,β-unsaturated/α-hetero) is 1. The molecule has 0 heterocycles. The Morgan fingerprint density at radius 1 is 1.00 bits per heavy atom. The lowest BCUT2D eigenvalue weighted by atomic mass is 9.58. The molecule has 1 unspecified atom stereocenters. The van der Waals surface area contributed by atoms with Gasteiger partial charge < -0.3 is 9.47 Å². The molecule has 5 nitrogen and oxygen atoms in total. The van der Waals surface area contributed by atoms with Gasteiger partial charge in [-0.3, -0.25) is 14.4 Å². The summed E-state index contributed by atoms with van der Waals surface area (Å²) in [6.07, 6.45) is 5.43. The van der Waals surface area contributed by atoms with Crippen LogP contribution in [0.25, 0.3) is 0 Å². The van der Waals surface area contributed by atoms with E-state index in [9.17, 15) is 14.4 Å². The first-order chi connectivity index (χ1) is 12.8. The van der Waals surface area contributed by atoms with E-state index >= 15 is 0 Å². The van der Waals surface area contributed by atoms with Crippen LogP contribution in [0.5, 0.6) is 0 Å². The molecule has 3 aliphatic carbocycles. The van der Waals surface area contributed by atoms with Crippen LogP contribution in [0.2, 0.25) is 0 Å². The largest absolute Gasteiger partial charge is 0.462 e. The number of hydrogen-bond acceptors (Lipinski definition) is 5. The zero-order valence-corrected chi connectivity index (χ0v) is 16.6. The molecular weight excluding hydrogens is 344 g/mol. The van der Waals surface area contributed by atoms with E-state index in [1.54, 1.807) is 0 Å². The molecule has 0 aromatic carbocycles. The van der Waals surface area contributed by atoms with Crippen LogP contribution in [0.4, 0.5) is 0 Å². The third kappa shape index (κ3) is 4.20. The van der Waals surface area contributed by atoms with Crippen LogP contribution in [0.1, 0.15) is 72.1 Å². The normalized spacial score (nSPS) is 38.6. The summed E-state index contributed by atoms with van der Waals surface area (Å²) in [6.45, 7) is 5.09. The molecule has 0 N–H and O–H groups in total. The Labute approximate surface area is 161 Å². The van der Waals surface area contributed by atoms with Crippen LogP contribution in [0, 0.1) is 35.0 Å². The predicted molar refractivity (Wildman–Crippen MR) is 99.4 cm³/mol. The number of fused-ring (bicyclic) bond motifs is 3. The number of rotatable bonds is 2. The Morgan fingerprint density at radius 3 is 2.41 bits per heavy atom. The van der Waals surface area contributed by atoms with Gasteiger partial charge in [-0.05, 0) is 43.9 Å². The molecule has 148 valence electrons. The third-order valence-electron chi connectivity index (χ3n) is 6.91. The van der Waals surface area contributed by atoms with E-state index in [1.165, 1.54) is 13.8 Å². The molecule has 0 bridgehead atoms. The maximum atomic E-state index is 13.0. The summed E-state index contributed by atoms with van der Waals surface area (Å²) < 4.78 is 10.9. The van der Waals surface area contributed by atoms with Crippen molar-refractivity contribution in [2.45, 2.75) is 84.3 Å². The van der Waals surface area contributed by atoms with E-state index in [0.29, 0.717) is 31.6 Å². The highest BCUT2D eigenvalue weighted by Gasteiger charge is 2.56. The molecule has 0 radical (unpaired) electrons. The van der Waals surface area contributed by atoms with Gasteiger partial charge in [-0.1, -0.05) is 12.8 Å². The molecule has 0 aromatic rings. The predicted octanol–water partition coefficient (Wildman–Crippen LogP) is 3.44. The van der Waals surface area contributed by atoms with Crippen LogP contribution in [-0.2, 0) is 23.9 Å². The van der Waals surface area contributed by atoms with Crippen molar-refractivity contribution < 1.29 is 23.9 Å². The summed E-state index contributed by atoms with van der Waals surface area (Å²) in [6, 6.07) is 0. The topological polar surface area (TPSA) is 69.7 Å². The highest BCUT2D eigenvalue weighted by Crippen LogP contribution is 2.58. The fraction of sp³-hybridized carbons (Fsp3) is 0.773. The van der Waals surface area contributed by atoms with Gasteiger partial charge in [-0.15, -0.1) is 5.92 Å². The Balaban J connectivity index is 1.79. The summed E-state index contributed by atoms with van der Waals surface area (Å²) in [5, 5.41) is 0. The highest BCUT2D eigenvalue weighted by atomic mass is 16.5. The second kappa shape index (κ2) is 8.04. The minimum absolute atomic E-state index is 0.0181. The molecular formula is C22H30O5. The van der Waals surface area contributed by atoms with E-state index < -0.39 is 0 Å². The lowest BCUT2D eigenvalue weighted by molar-refractivity contribution is -0.156. The Bertz CT molecular complexity index is 672. The molecule has 3 rings (SSSR count). The number of carbonyl (C=O) groups is 3. The van der Waals surface area contributed by atoms with Crippen molar-refractivity contribution in [1.82, 2.24) is 0 Å². The van der Waals surface area contributed by atoms with Gasteiger partial charge in [0.05, 0.1) is 0 Å².